The zero-order chi connectivity index (χ0) is 26.0. The minimum Gasteiger partial charge on any atom is -0.492 e. The molecule has 4 rings (SSSR count). The Morgan fingerprint density at radius 3 is 2.35 bits per heavy atom. The number of carbonyl (C=O) groups excluding carboxylic acids is 2. The van der Waals surface area contributed by atoms with Crippen molar-refractivity contribution >= 4 is 46.6 Å². The van der Waals surface area contributed by atoms with Crippen LogP contribution in [0.3, 0.4) is 0 Å². The Bertz CT molecular complexity index is 1350. The molecule has 188 valence electrons. The summed E-state index contributed by atoms with van der Waals surface area (Å²) in [6.07, 6.45) is 0.239. The van der Waals surface area contributed by atoms with Crippen LogP contribution < -0.4 is 15.4 Å². The van der Waals surface area contributed by atoms with Crippen LogP contribution in [0.4, 0.5) is 11.4 Å². The largest absolute Gasteiger partial charge is 0.492 e. The minimum atomic E-state index is -0.518. The van der Waals surface area contributed by atoms with Crippen molar-refractivity contribution in [2.24, 2.45) is 0 Å². The van der Waals surface area contributed by atoms with Gasteiger partial charge in [-0.3, -0.25) is 9.59 Å². The summed E-state index contributed by atoms with van der Waals surface area (Å²) in [5.41, 5.74) is 3.04. The molecule has 0 aromatic heterocycles. The van der Waals surface area contributed by atoms with Crippen LogP contribution in [0, 0.1) is 0 Å². The summed E-state index contributed by atoms with van der Waals surface area (Å²) in [7, 11) is 0. The van der Waals surface area contributed by atoms with E-state index in [9.17, 15) is 9.59 Å². The van der Waals surface area contributed by atoms with Crippen LogP contribution in [0.1, 0.15) is 23.3 Å². The van der Waals surface area contributed by atoms with Crippen molar-refractivity contribution in [3.63, 3.8) is 0 Å². The molecular formula is C30H27ClN2O3S. The smallest absolute Gasteiger partial charge is 0.242 e. The molecule has 0 aliphatic heterocycles. The molecule has 1 unspecified atom stereocenters. The quantitative estimate of drug-likeness (QED) is 0.210. The van der Waals surface area contributed by atoms with Crippen LogP contribution in [-0.4, -0.2) is 18.4 Å². The van der Waals surface area contributed by atoms with Crippen LogP contribution in [0.25, 0.3) is 0 Å². The lowest BCUT2D eigenvalue weighted by Gasteiger charge is -2.19. The molecule has 5 nitrogen and oxygen atoms in total. The molecular weight excluding hydrogens is 504 g/mol. The van der Waals surface area contributed by atoms with Gasteiger partial charge in [0.1, 0.15) is 11.0 Å². The van der Waals surface area contributed by atoms with E-state index < -0.39 is 5.25 Å². The highest BCUT2D eigenvalue weighted by molar-refractivity contribution is 8.00. The van der Waals surface area contributed by atoms with E-state index in [1.165, 1.54) is 11.8 Å². The zero-order valence-corrected chi connectivity index (χ0v) is 21.9. The second kappa shape index (κ2) is 13.0. The van der Waals surface area contributed by atoms with Gasteiger partial charge in [0.05, 0.1) is 18.7 Å². The molecule has 2 amide bonds. The zero-order valence-electron chi connectivity index (χ0n) is 20.3. The van der Waals surface area contributed by atoms with Gasteiger partial charge in [-0.15, -0.1) is 11.8 Å². The highest BCUT2D eigenvalue weighted by atomic mass is 35.5. The highest BCUT2D eigenvalue weighted by Gasteiger charge is 2.23. The Morgan fingerprint density at radius 1 is 0.865 bits per heavy atom. The number of rotatable bonds is 10. The predicted octanol–water partition coefficient (Wildman–Crippen LogP) is 7.39. The van der Waals surface area contributed by atoms with Gasteiger partial charge in [-0.2, -0.15) is 0 Å². The average Bonchev–Trinajstić information content (AvgIpc) is 2.90. The molecule has 4 aromatic rings. The lowest BCUT2D eigenvalue weighted by atomic mass is 10.1. The summed E-state index contributed by atoms with van der Waals surface area (Å²) in [5, 5.41) is 6.09. The van der Waals surface area contributed by atoms with Gasteiger partial charge >= 0.3 is 0 Å². The van der Waals surface area contributed by atoms with Crippen LogP contribution >= 0.6 is 23.4 Å². The van der Waals surface area contributed by atoms with E-state index in [0.29, 0.717) is 28.8 Å². The van der Waals surface area contributed by atoms with E-state index in [4.69, 9.17) is 16.3 Å². The molecule has 2 N–H and O–H groups in total. The van der Waals surface area contributed by atoms with Crippen LogP contribution in [-0.2, 0) is 16.0 Å². The lowest BCUT2D eigenvalue weighted by Crippen LogP contribution is -2.19. The summed E-state index contributed by atoms with van der Waals surface area (Å²) in [4.78, 5) is 26.9. The Balaban J connectivity index is 1.50. The third-order valence-corrected chi connectivity index (χ3v) is 6.93. The maximum absolute atomic E-state index is 13.5. The number of hydrogen-bond acceptors (Lipinski definition) is 4. The molecule has 0 fully saturated rings. The molecule has 0 spiro atoms. The molecule has 0 saturated carbocycles. The Hall–Kier alpha value is -3.74. The van der Waals surface area contributed by atoms with E-state index in [1.807, 2.05) is 97.9 Å². The molecule has 0 saturated heterocycles. The molecule has 7 heteroatoms. The van der Waals surface area contributed by atoms with Gasteiger partial charge in [-0.1, -0.05) is 72.3 Å². The molecule has 0 radical (unpaired) electrons. The number of halogens is 1. The summed E-state index contributed by atoms with van der Waals surface area (Å²) in [5.74, 6) is 0.329. The molecule has 37 heavy (non-hydrogen) atoms. The third-order valence-electron chi connectivity index (χ3n) is 5.43. The SMILES string of the molecule is CCOc1ccccc1NC(=O)C(Sc1cccc(NC(=O)Cc2ccc(Cl)cc2)c1)c1ccccc1. The fourth-order valence-electron chi connectivity index (χ4n) is 3.73. The molecule has 0 aliphatic rings. The summed E-state index contributed by atoms with van der Waals surface area (Å²) >= 11 is 7.35. The van der Waals surface area contributed by atoms with Gasteiger partial charge in [-0.25, -0.2) is 0 Å². The molecule has 4 aromatic carbocycles. The second-order valence-electron chi connectivity index (χ2n) is 8.21. The Kier molecular flexibility index (Phi) is 9.24. The van der Waals surface area contributed by atoms with E-state index in [0.717, 1.165) is 16.0 Å². The Labute approximate surface area is 226 Å². The first-order chi connectivity index (χ1) is 18.0. The normalized spacial score (nSPS) is 11.4. The summed E-state index contributed by atoms with van der Waals surface area (Å²) in [6, 6.07) is 31.7. The van der Waals surface area contributed by atoms with Crippen molar-refractivity contribution in [2.75, 3.05) is 17.2 Å². The van der Waals surface area contributed by atoms with E-state index >= 15 is 0 Å². The van der Waals surface area contributed by atoms with Gasteiger partial charge < -0.3 is 15.4 Å². The van der Waals surface area contributed by atoms with Gasteiger partial charge in [0.15, 0.2) is 0 Å². The molecule has 1 atom stereocenters. The van der Waals surface area contributed by atoms with Crippen molar-refractivity contribution in [1.29, 1.82) is 0 Å². The van der Waals surface area contributed by atoms with E-state index in [-0.39, 0.29) is 18.2 Å². The fraction of sp³-hybridized carbons (Fsp3) is 0.133. The number of amides is 2. The molecule has 0 bridgehead atoms. The first kappa shape index (κ1) is 26.3. The van der Waals surface area contributed by atoms with Crippen molar-refractivity contribution in [3.05, 3.63) is 119 Å². The van der Waals surface area contributed by atoms with Gasteiger partial charge in [0, 0.05) is 15.6 Å². The lowest BCUT2D eigenvalue weighted by molar-refractivity contribution is -0.116. The first-order valence-corrected chi connectivity index (χ1v) is 13.2. The summed E-state index contributed by atoms with van der Waals surface area (Å²) in [6.45, 7) is 2.41. The maximum atomic E-state index is 13.5. The highest BCUT2D eigenvalue weighted by Crippen LogP contribution is 2.38. The van der Waals surface area contributed by atoms with Gasteiger partial charge in [0.2, 0.25) is 11.8 Å². The van der Waals surface area contributed by atoms with Crippen molar-refractivity contribution in [1.82, 2.24) is 0 Å². The molecule has 0 heterocycles. The van der Waals surface area contributed by atoms with Crippen LogP contribution in [0.15, 0.2) is 108 Å². The number of nitrogens with one attached hydrogen (secondary N) is 2. The number of thioether (sulfide) groups is 1. The van der Waals surface area contributed by atoms with Gasteiger partial charge in [0.25, 0.3) is 0 Å². The Morgan fingerprint density at radius 2 is 1.59 bits per heavy atom. The van der Waals surface area contributed by atoms with Gasteiger partial charge in [-0.05, 0) is 60.5 Å². The van der Waals surface area contributed by atoms with E-state index in [2.05, 4.69) is 10.6 Å². The standard InChI is InChI=1S/C30H27ClN2O3S/c1-2-36-27-14-7-6-13-26(27)33-30(35)29(22-9-4-3-5-10-22)37-25-12-8-11-24(20-25)32-28(34)19-21-15-17-23(31)18-16-21/h3-18,20,29H,2,19H2,1H3,(H,32,34)(H,33,35). The number of carbonyl (C=O) groups is 2. The van der Waals surface area contributed by atoms with Crippen molar-refractivity contribution < 1.29 is 14.3 Å². The number of hydrogen-bond donors (Lipinski definition) is 2. The van der Waals surface area contributed by atoms with Crippen LogP contribution in [0.5, 0.6) is 5.75 Å². The van der Waals surface area contributed by atoms with E-state index in [1.54, 1.807) is 12.1 Å². The van der Waals surface area contributed by atoms with Crippen molar-refractivity contribution in [2.45, 2.75) is 23.5 Å². The fourth-order valence-corrected chi connectivity index (χ4v) is 4.94. The van der Waals surface area contributed by atoms with Crippen molar-refractivity contribution in [3.8, 4) is 5.75 Å². The number of anilines is 2. The molecule has 0 aliphatic carbocycles. The van der Waals surface area contributed by atoms with Crippen LogP contribution in [0.2, 0.25) is 5.02 Å². The number of para-hydroxylation sites is 2. The third kappa shape index (κ3) is 7.62. The number of ether oxygens (including phenoxy) is 1. The topological polar surface area (TPSA) is 67.4 Å². The number of benzene rings is 4. The predicted molar refractivity (Wildman–Crippen MR) is 152 cm³/mol. The second-order valence-corrected chi connectivity index (χ2v) is 9.82. The summed E-state index contributed by atoms with van der Waals surface area (Å²) < 4.78 is 5.67. The maximum Gasteiger partial charge on any atom is 0.242 e. The average molecular weight is 531 g/mol. The first-order valence-electron chi connectivity index (χ1n) is 11.9. The minimum absolute atomic E-state index is 0.130. The monoisotopic (exact) mass is 530 g/mol.